The standard InChI is InChI=1S/C23H22N4O6S/c1-3-16-22-25(11-24-16)9-18(34-22)15-8-17-19(12(2)28)21(29)26(17)20(15)23(30)33-10-13-4-6-14(7-5-13)27(31)32/h4-7,9,11-12,17,19,28H,3,8,10H2,1-2H3/t12-,17-,19-/m1/s1. The summed E-state index contributed by atoms with van der Waals surface area (Å²) in [7, 11) is 0. The van der Waals surface area contributed by atoms with Crippen LogP contribution in [0.15, 0.2) is 42.5 Å². The first-order valence-electron chi connectivity index (χ1n) is 10.9. The molecule has 1 saturated heterocycles. The average molecular weight is 483 g/mol. The molecule has 2 aromatic heterocycles. The molecule has 34 heavy (non-hydrogen) atoms. The SMILES string of the molecule is CCc1ncn2cc(C3=C(C(=O)OCc4ccc([N+](=O)[O-])cc4)N4C(=O)[C@H]([C@@H](C)O)[C@H]4C3)sc12. The number of nitro groups is 1. The summed E-state index contributed by atoms with van der Waals surface area (Å²) in [5.41, 5.74) is 2.41. The molecule has 3 atom stereocenters. The van der Waals surface area contributed by atoms with Gasteiger partial charge < -0.3 is 14.7 Å². The molecule has 1 amide bonds. The molecule has 0 bridgehead atoms. The van der Waals surface area contributed by atoms with Crippen LogP contribution in [0.1, 0.15) is 36.4 Å². The minimum Gasteiger partial charge on any atom is -0.456 e. The van der Waals surface area contributed by atoms with E-state index in [0.717, 1.165) is 21.8 Å². The van der Waals surface area contributed by atoms with E-state index in [-0.39, 0.29) is 29.9 Å². The number of aromatic nitrogens is 2. The lowest BCUT2D eigenvalue weighted by Gasteiger charge is -2.44. The van der Waals surface area contributed by atoms with E-state index in [1.165, 1.54) is 40.5 Å². The number of esters is 1. The number of carbonyl (C=O) groups excluding carboxylic acids is 2. The average Bonchev–Trinajstić information content (AvgIpc) is 3.48. The first-order valence-corrected chi connectivity index (χ1v) is 11.7. The second-order valence-corrected chi connectivity index (χ2v) is 9.46. The number of thiazole rings is 1. The van der Waals surface area contributed by atoms with Crippen LogP contribution in [0.25, 0.3) is 10.4 Å². The molecule has 1 fully saturated rings. The highest BCUT2D eigenvalue weighted by Gasteiger charge is 2.57. The molecule has 0 radical (unpaired) electrons. The highest BCUT2D eigenvalue weighted by atomic mass is 32.1. The molecule has 2 aliphatic rings. The predicted octanol–water partition coefficient (Wildman–Crippen LogP) is 2.93. The molecule has 0 saturated carbocycles. The molecule has 0 aliphatic carbocycles. The summed E-state index contributed by atoms with van der Waals surface area (Å²) in [6.07, 6.45) is 4.03. The summed E-state index contributed by atoms with van der Waals surface area (Å²) >= 11 is 1.51. The summed E-state index contributed by atoms with van der Waals surface area (Å²) in [5.74, 6) is -1.50. The molecular weight excluding hydrogens is 460 g/mol. The molecule has 11 heteroatoms. The maximum Gasteiger partial charge on any atom is 0.355 e. The number of benzene rings is 1. The Kier molecular flexibility index (Phi) is 5.45. The number of fused-ring (bicyclic) bond motifs is 2. The lowest BCUT2D eigenvalue weighted by atomic mass is 9.83. The van der Waals surface area contributed by atoms with Crippen LogP contribution in [0.3, 0.4) is 0 Å². The zero-order valence-electron chi connectivity index (χ0n) is 18.5. The van der Waals surface area contributed by atoms with Crippen LogP contribution in [-0.4, -0.2) is 48.3 Å². The van der Waals surface area contributed by atoms with Crippen molar-refractivity contribution in [3.8, 4) is 0 Å². The van der Waals surface area contributed by atoms with Crippen molar-refractivity contribution in [1.82, 2.24) is 14.3 Å². The topological polar surface area (TPSA) is 127 Å². The molecule has 176 valence electrons. The monoisotopic (exact) mass is 482 g/mol. The number of non-ortho nitro benzene ring substituents is 1. The number of aryl methyl sites for hydroxylation is 1. The predicted molar refractivity (Wildman–Crippen MR) is 123 cm³/mol. The molecular formula is C23H22N4O6S. The van der Waals surface area contributed by atoms with Gasteiger partial charge in [-0.3, -0.25) is 19.3 Å². The van der Waals surface area contributed by atoms with Crippen LogP contribution in [0.2, 0.25) is 0 Å². The highest BCUT2D eigenvalue weighted by Crippen LogP contribution is 2.48. The van der Waals surface area contributed by atoms with Gasteiger partial charge >= 0.3 is 5.97 Å². The fourth-order valence-electron chi connectivity index (χ4n) is 4.64. The van der Waals surface area contributed by atoms with Gasteiger partial charge in [-0.05, 0) is 37.5 Å². The first kappa shape index (κ1) is 22.2. The van der Waals surface area contributed by atoms with Gasteiger partial charge in [0.1, 0.15) is 23.5 Å². The van der Waals surface area contributed by atoms with E-state index in [1.807, 2.05) is 17.5 Å². The van der Waals surface area contributed by atoms with Crippen molar-refractivity contribution in [2.75, 3.05) is 0 Å². The van der Waals surface area contributed by atoms with Gasteiger partial charge in [-0.2, -0.15) is 0 Å². The van der Waals surface area contributed by atoms with Gasteiger partial charge in [0.2, 0.25) is 5.91 Å². The van der Waals surface area contributed by atoms with Crippen LogP contribution in [0.4, 0.5) is 5.69 Å². The van der Waals surface area contributed by atoms with Crippen molar-refractivity contribution >= 4 is 39.3 Å². The van der Waals surface area contributed by atoms with E-state index >= 15 is 0 Å². The van der Waals surface area contributed by atoms with E-state index in [1.54, 1.807) is 13.3 Å². The van der Waals surface area contributed by atoms with Crippen molar-refractivity contribution in [2.45, 2.75) is 45.4 Å². The molecule has 3 aromatic rings. The lowest BCUT2D eigenvalue weighted by Crippen LogP contribution is -2.61. The number of hydrogen-bond acceptors (Lipinski definition) is 8. The first-order chi connectivity index (χ1) is 16.3. The number of nitrogens with zero attached hydrogens (tertiary/aromatic N) is 4. The third-order valence-corrected chi connectivity index (χ3v) is 7.57. The Morgan fingerprint density at radius 3 is 2.76 bits per heavy atom. The van der Waals surface area contributed by atoms with Crippen LogP contribution in [-0.2, 0) is 27.4 Å². The highest BCUT2D eigenvalue weighted by molar-refractivity contribution is 7.18. The number of nitro benzene ring substituents is 1. The Morgan fingerprint density at radius 2 is 2.12 bits per heavy atom. The summed E-state index contributed by atoms with van der Waals surface area (Å²) in [6, 6.07) is 5.45. The van der Waals surface area contributed by atoms with E-state index in [0.29, 0.717) is 17.6 Å². The van der Waals surface area contributed by atoms with Crippen molar-refractivity contribution in [2.24, 2.45) is 5.92 Å². The van der Waals surface area contributed by atoms with Gasteiger partial charge in [0.25, 0.3) is 5.69 Å². The van der Waals surface area contributed by atoms with Gasteiger partial charge in [0.15, 0.2) is 0 Å². The van der Waals surface area contributed by atoms with Gasteiger partial charge in [-0.25, -0.2) is 9.78 Å². The minimum absolute atomic E-state index is 0.0518. The van der Waals surface area contributed by atoms with E-state index < -0.39 is 22.9 Å². The van der Waals surface area contributed by atoms with E-state index in [4.69, 9.17) is 4.74 Å². The number of aliphatic hydroxyl groups excluding tert-OH is 1. The number of ether oxygens (including phenoxy) is 1. The normalized spacial score (nSPS) is 20.4. The zero-order valence-corrected chi connectivity index (χ0v) is 19.3. The summed E-state index contributed by atoms with van der Waals surface area (Å²) in [6.45, 7) is 3.52. The third kappa shape index (κ3) is 3.48. The maximum absolute atomic E-state index is 13.2. The van der Waals surface area contributed by atoms with Gasteiger partial charge in [-0.1, -0.05) is 6.92 Å². The molecule has 5 rings (SSSR count). The summed E-state index contributed by atoms with van der Waals surface area (Å²) in [5, 5.41) is 20.9. The third-order valence-electron chi connectivity index (χ3n) is 6.35. The molecule has 0 unspecified atom stereocenters. The fraction of sp³-hybridized carbons (Fsp3) is 0.348. The van der Waals surface area contributed by atoms with E-state index in [2.05, 4.69) is 4.98 Å². The molecule has 0 spiro atoms. The number of amides is 1. The lowest BCUT2D eigenvalue weighted by molar-refractivity contribution is -0.384. The number of imidazole rings is 1. The fourth-order valence-corrected chi connectivity index (χ4v) is 5.84. The van der Waals surface area contributed by atoms with E-state index in [9.17, 15) is 24.8 Å². The van der Waals surface area contributed by atoms with Gasteiger partial charge in [0, 0.05) is 23.9 Å². The number of rotatable bonds is 7. The van der Waals surface area contributed by atoms with Crippen molar-refractivity contribution in [1.29, 1.82) is 0 Å². The summed E-state index contributed by atoms with van der Waals surface area (Å²) < 4.78 is 7.44. The Hall–Kier alpha value is -3.57. The summed E-state index contributed by atoms with van der Waals surface area (Å²) in [4.78, 5) is 44.0. The van der Waals surface area contributed by atoms with Crippen LogP contribution in [0, 0.1) is 16.0 Å². The smallest absolute Gasteiger partial charge is 0.355 e. The Morgan fingerprint density at radius 1 is 1.38 bits per heavy atom. The zero-order chi connectivity index (χ0) is 24.1. The number of aliphatic hydroxyl groups is 1. The van der Waals surface area contributed by atoms with Crippen LogP contribution >= 0.6 is 11.3 Å². The van der Waals surface area contributed by atoms with Crippen molar-refractivity contribution in [3.63, 3.8) is 0 Å². The quantitative estimate of drug-likeness (QED) is 0.237. The van der Waals surface area contributed by atoms with Crippen molar-refractivity contribution in [3.05, 3.63) is 68.7 Å². The Bertz CT molecular complexity index is 1340. The Balaban J connectivity index is 1.45. The Labute approximate surface area is 198 Å². The van der Waals surface area contributed by atoms with Crippen LogP contribution in [0.5, 0.6) is 0 Å². The molecule has 2 aliphatic heterocycles. The number of hydrogen-bond donors (Lipinski definition) is 1. The number of β-lactam (4-membered cyclic amide) rings is 1. The number of carbonyl (C=O) groups is 2. The molecule has 4 heterocycles. The van der Waals surface area contributed by atoms with Gasteiger partial charge in [0.05, 0.1) is 33.6 Å². The molecule has 1 N–H and O–H groups in total. The van der Waals surface area contributed by atoms with Crippen molar-refractivity contribution < 1.29 is 24.4 Å². The van der Waals surface area contributed by atoms with Crippen LogP contribution < -0.4 is 0 Å². The largest absolute Gasteiger partial charge is 0.456 e. The molecule has 10 nitrogen and oxygen atoms in total. The maximum atomic E-state index is 13.2. The molecule has 1 aromatic carbocycles. The second kappa shape index (κ2) is 8.33. The van der Waals surface area contributed by atoms with Gasteiger partial charge in [-0.15, -0.1) is 11.3 Å². The second-order valence-electron chi connectivity index (χ2n) is 8.43. The minimum atomic E-state index is -0.819.